The first-order chi connectivity index (χ1) is 15.1. The molecule has 1 N–H and O–H groups in total. The lowest BCUT2D eigenvalue weighted by atomic mass is 9.79. The number of halogens is 1. The van der Waals surface area contributed by atoms with Crippen LogP contribution in [0.2, 0.25) is 5.02 Å². The summed E-state index contributed by atoms with van der Waals surface area (Å²) >= 11 is 5.92. The van der Waals surface area contributed by atoms with Crippen molar-refractivity contribution in [1.29, 1.82) is 0 Å². The summed E-state index contributed by atoms with van der Waals surface area (Å²) in [6.45, 7) is 9.74. The zero-order chi connectivity index (χ0) is 23.2. The number of carbonyl (C=O) groups is 3. The fourth-order valence-electron chi connectivity index (χ4n) is 4.85. The van der Waals surface area contributed by atoms with E-state index in [1.165, 1.54) is 11.3 Å². The number of anilines is 2. The lowest BCUT2D eigenvalue weighted by Crippen LogP contribution is -2.54. The summed E-state index contributed by atoms with van der Waals surface area (Å²) < 4.78 is 0. The van der Waals surface area contributed by atoms with Crippen molar-refractivity contribution in [3.8, 4) is 0 Å². The van der Waals surface area contributed by atoms with E-state index in [1.54, 1.807) is 30.3 Å². The molecule has 7 heteroatoms. The molecule has 166 valence electrons. The Bertz CT molecular complexity index is 1140. The topological polar surface area (TPSA) is 69.7 Å². The van der Waals surface area contributed by atoms with Crippen LogP contribution in [0.25, 0.3) is 6.08 Å². The lowest BCUT2D eigenvalue weighted by molar-refractivity contribution is -0.122. The molecule has 0 radical (unpaired) electrons. The number of hydrogen-bond donors (Lipinski definition) is 1. The van der Waals surface area contributed by atoms with Gasteiger partial charge in [-0.05, 0) is 86.7 Å². The van der Waals surface area contributed by atoms with Crippen LogP contribution in [0.4, 0.5) is 16.2 Å². The second-order valence-electron chi connectivity index (χ2n) is 8.91. The molecular formula is C25H26ClN3O3. The molecule has 0 bridgehead atoms. The Morgan fingerprint density at radius 2 is 1.81 bits per heavy atom. The van der Waals surface area contributed by atoms with Crippen molar-refractivity contribution in [2.45, 2.75) is 45.6 Å². The molecule has 4 amide bonds. The Hall–Kier alpha value is -3.12. The highest BCUT2D eigenvalue weighted by Gasteiger charge is 2.38. The number of amides is 4. The SMILES string of the molecule is CCN1c2ccc(/C=C3\C(=O)NC(=O)N(c4ccc(Cl)cc4)C3=O)cc2[C@@H](C)CC1(C)C. The van der Waals surface area contributed by atoms with E-state index in [9.17, 15) is 14.4 Å². The molecule has 4 rings (SSSR count). The summed E-state index contributed by atoms with van der Waals surface area (Å²) in [5, 5.41) is 2.74. The second kappa shape index (κ2) is 8.10. The highest BCUT2D eigenvalue weighted by molar-refractivity contribution is 6.39. The first-order valence-corrected chi connectivity index (χ1v) is 11.1. The molecule has 0 aliphatic carbocycles. The van der Waals surface area contributed by atoms with Crippen molar-refractivity contribution in [1.82, 2.24) is 5.32 Å². The molecule has 1 saturated heterocycles. The Morgan fingerprint density at radius 1 is 1.12 bits per heavy atom. The highest BCUT2D eigenvalue weighted by atomic mass is 35.5. The van der Waals surface area contributed by atoms with Gasteiger partial charge >= 0.3 is 6.03 Å². The van der Waals surface area contributed by atoms with Gasteiger partial charge in [-0.25, -0.2) is 9.69 Å². The van der Waals surface area contributed by atoms with Crippen LogP contribution in [0.1, 0.15) is 51.2 Å². The van der Waals surface area contributed by atoms with E-state index in [-0.39, 0.29) is 11.1 Å². The molecule has 2 aliphatic rings. The summed E-state index contributed by atoms with van der Waals surface area (Å²) in [5.74, 6) is -1.03. The molecule has 0 aromatic heterocycles. The van der Waals surface area contributed by atoms with E-state index in [0.29, 0.717) is 16.6 Å². The monoisotopic (exact) mass is 451 g/mol. The molecule has 6 nitrogen and oxygen atoms in total. The van der Waals surface area contributed by atoms with E-state index in [1.807, 2.05) is 12.1 Å². The predicted octanol–water partition coefficient (Wildman–Crippen LogP) is 5.12. The Balaban J connectivity index is 1.72. The van der Waals surface area contributed by atoms with Gasteiger partial charge in [-0.15, -0.1) is 0 Å². The first kappa shape index (κ1) is 22.1. The van der Waals surface area contributed by atoms with Crippen LogP contribution in [0.3, 0.4) is 0 Å². The number of barbiturate groups is 1. The van der Waals surface area contributed by atoms with Crippen LogP contribution in [-0.2, 0) is 9.59 Å². The van der Waals surface area contributed by atoms with Gasteiger partial charge in [-0.1, -0.05) is 24.6 Å². The molecule has 32 heavy (non-hydrogen) atoms. The number of carbonyl (C=O) groups excluding carboxylic acids is 3. The molecule has 2 aromatic rings. The minimum Gasteiger partial charge on any atom is -0.366 e. The van der Waals surface area contributed by atoms with Gasteiger partial charge in [0.1, 0.15) is 5.57 Å². The van der Waals surface area contributed by atoms with E-state index >= 15 is 0 Å². The van der Waals surface area contributed by atoms with Crippen LogP contribution in [0.15, 0.2) is 48.0 Å². The van der Waals surface area contributed by atoms with Crippen molar-refractivity contribution in [2.75, 3.05) is 16.3 Å². The van der Waals surface area contributed by atoms with E-state index < -0.39 is 17.8 Å². The maximum absolute atomic E-state index is 13.1. The van der Waals surface area contributed by atoms with E-state index in [4.69, 9.17) is 11.6 Å². The number of rotatable bonds is 3. The molecule has 2 aromatic carbocycles. The smallest absolute Gasteiger partial charge is 0.335 e. The normalized spacial score (nSPS) is 21.6. The number of benzene rings is 2. The zero-order valence-corrected chi connectivity index (χ0v) is 19.4. The van der Waals surface area contributed by atoms with Crippen LogP contribution >= 0.6 is 11.6 Å². The third-order valence-electron chi connectivity index (χ3n) is 6.22. The molecule has 1 fully saturated rings. The second-order valence-corrected chi connectivity index (χ2v) is 9.35. The van der Waals surface area contributed by atoms with Crippen molar-refractivity contribution >= 4 is 46.9 Å². The molecule has 1 atom stereocenters. The van der Waals surface area contributed by atoms with Crippen LogP contribution in [0.5, 0.6) is 0 Å². The van der Waals surface area contributed by atoms with Gasteiger partial charge in [0.05, 0.1) is 5.69 Å². The number of nitrogens with one attached hydrogen (secondary N) is 1. The summed E-state index contributed by atoms with van der Waals surface area (Å²) in [4.78, 5) is 41.3. The van der Waals surface area contributed by atoms with E-state index in [0.717, 1.165) is 23.4 Å². The maximum Gasteiger partial charge on any atom is 0.335 e. The standard InChI is InChI=1S/C25H26ClN3O3/c1-5-28-21-11-6-16(12-19(21)15(2)14-25(28,3)4)13-20-22(30)27-24(32)29(23(20)31)18-9-7-17(26)8-10-18/h6-13,15H,5,14H2,1-4H3,(H,27,30,32)/b20-13+/t15-/m0/s1. The summed E-state index contributed by atoms with van der Waals surface area (Å²) in [6, 6.07) is 11.5. The molecule has 0 unspecified atom stereocenters. The Labute approximate surface area is 192 Å². The van der Waals surface area contributed by atoms with Crippen LogP contribution in [-0.4, -0.2) is 29.9 Å². The van der Waals surface area contributed by atoms with Crippen molar-refractivity contribution in [2.24, 2.45) is 0 Å². The molecule has 0 spiro atoms. The fourth-order valence-corrected chi connectivity index (χ4v) is 4.97. The van der Waals surface area contributed by atoms with Gasteiger partial charge in [-0.2, -0.15) is 0 Å². The molecule has 2 aliphatic heterocycles. The minimum atomic E-state index is -0.778. The number of hydrogen-bond acceptors (Lipinski definition) is 4. The summed E-state index contributed by atoms with van der Waals surface area (Å²) in [6.07, 6.45) is 2.56. The van der Waals surface area contributed by atoms with Crippen LogP contribution in [0, 0.1) is 0 Å². The van der Waals surface area contributed by atoms with Gasteiger partial charge in [0, 0.05) is 22.8 Å². The van der Waals surface area contributed by atoms with Gasteiger partial charge in [-0.3, -0.25) is 14.9 Å². The van der Waals surface area contributed by atoms with Crippen molar-refractivity contribution in [3.63, 3.8) is 0 Å². The van der Waals surface area contributed by atoms with E-state index in [2.05, 4.69) is 44.0 Å². The first-order valence-electron chi connectivity index (χ1n) is 10.7. The lowest BCUT2D eigenvalue weighted by Gasteiger charge is -2.47. The Morgan fingerprint density at radius 3 is 2.47 bits per heavy atom. The van der Waals surface area contributed by atoms with Crippen molar-refractivity contribution < 1.29 is 14.4 Å². The number of nitrogens with zero attached hydrogens (tertiary/aromatic N) is 2. The van der Waals surface area contributed by atoms with Crippen LogP contribution < -0.4 is 15.1 Å². The van der Waals surface area contributed by atoms with Gasteiger partial charge in [0.15, 0.2) is 0 Å². The summed E-state index contributed by atoms with van der Waals surface area (Å²) in [7, 11) is 0. The maximum atomic E-state index is 13.1. The largest absolute Gasteiger partial charge is 0.366 e. The highest BCUT2D eigenvalue weighted by Crippen LogP contribution is 2.43. The zero-order valence-electron chi connectivity index (χ0n) is 18.6. The van der Waals surface area contributed by atoms with Gasteiger partial charge in [0.2, 0.25) is 0 Å². The van der Waals surface area contributed by atoms with Gasteiger partial charge < -0.3 is 4.90 Å². The summed E-state index contributed by atoms with van der Waals surface area (Å²) in [5.41, 5.74) is 3.42. The number of imide groups is 2. The minimum absolute atomic E-state index is 0.0554. The van der Waals surface area contributed by atoms with Gasteiger partial charge in [0.25, 0.3) is 11.8 Å². The molecular weight excluding hydrogens is 426 g/mol. The predicted molar refractivity (Wildman–Crippen MR) is 127 cm³/mol. The quantitative estimate of drug-likeness (QED) is 0.519. The third-order valence-corrected chi connectivity index (χ3v) is 6.48. The molecule has 0 saturated carbocycles. The van der Waals surface area contributed by atoms with Crippen molar-refractivity contribution in [3.05, 3.63) is 64.2 Å². The molecule has 2 heterocycles. The average Bonchev–Trinajstić information content (AvgIpc) is 2.72. The Kier molecular flexibility index (Phi) is 5.59. The average molecular weight is 452 g/mol. The third kappa shape index (κ3) is 3.79. The fraction of sp³-hybridized carbons (Fsp3) is 0.320. The number of urea groups is 1. The number of fused-ring (bicyclic) bond motifs is 1.